The Morgan fingerprint density at radius 2 is 1.98 bits per heavy atom. The van der Waals surface area contributed by atoms with E-state index >= 15 is 0 Å². The summed E-state index contributed by atoms with van der Waals surface area (Å²) in [6, 6.07) is -0.810. The van der Waals surface area contributed by atoms with Crippen LogP contribution in [-0.2, 0) is 16.0 Å². The minimum absolute atomic E-state index is 0.0501. The van der Waals surface area contributed by atoms with Crippen molar-refractivity contribution < 1.29 is 40.9 Å². The van der Waals surface area contributed by atoms with E-state index in [1.165, 1.54) is 10.7 Å². The van der Waals surface area contributed by atoms with E-state index in [9.17, 15) is 31.5 Å². The van der Waals surface area contributed by atoms with Crippen LogP contribution >= 0.6 is 0 Å². The number of fused-ring (bicyclic) bond motifs is 1. The first-order chi connectivity index (χ1) is 21.4. The molecule has 244 valence electrons. The SMILES string of the molecule is Cc1nonc1C(=O)N[C@H](c1cn2nc(C[C@H]3C[C@@H](C(F)(F)F)CNC3=O)c(C3CCCOC3)nc2n1)C1CCC(F)(F)CC1. The number of imidazole rings is 1. The highest BCUT2D eigenvalue weighted by Crippen LogP contribution is 2.42. The van der Waals surface area contributed by atoms with Gasteiger partial charge in [0.2, 0.25) is 11.8 Å². The number of rotatable bonds is 7. The summed E-state index contributed by atoms with van der Waals surface area (Å²) in [6.45, 7) is 1.97. The Bertz CT molecular complexity index is 1540. The highest BCUT2D eigenvalue weighted by molar-refractivity contribution is 5.93. The van der Waals surface area contributed by atoms with Crippen molar-refractivity contribution in [3.8, 4) is 0 Å². The number of hydrogen-bond acceptors (Lipinski definition) is 9. The zero-order chi connectivity index (χ0) is 31.9. The van der Waals surface area contributed by atoms with Crippen LogP contribution in [-0.4, -0.2) is 73.6 Å². The van der Waals surface area contributed by atoms with Gasteiger partial charge in [0.1, 0.15) is 5.69 Å². The summed E-state index contributed by atoms with van der Waals surface area (Å²) in [7, 11) is 0. The number of aromatic nitrogens is 6. The molecule has 0 bridgehead atoms. The Kier molecular flexibility index (Phi) is 8.47. The van der Waals surface area contributed by atoms with Crippen LogP contribution in [0.2, 0.25) is 0 Å². The number of amides is 2. The summed E-state index contributed by atoms with van der Waals surface area (Å²) in [6.07, 6.45) is -2.39. The van der Waals surface area contributed by atoms with Crippen molar-refractivity contribution in [1.82, 2.24) is 40.5 Å². The molecule has 3 aromatic rings. The fourth-order valence-corrected chi connectivity index (χ4v) is 6.50. The maximum atomic E-state index is 14.1. The third kappa shape index (κ3) is 6.77. The lowest BCUT2D eigenvalue weighted by molar-refractivity contribution is -0.183. The van der Waals surface area contributed by atoms with Gasteiger partial charge in [0, 0.05) is 44.2 Å². The van der Waals surface area contributed by atoms with Crippen molar-refractivity contribution >= 4 is 17.6 Å². The van der Waals surface area contributed by atoms with Crippen LogP contribution in [0, 0.1) is 24.7 Å². The average Bonchev–Trinajstić information content (AvgIpc) is 3.62. The highest BCUT2D eigenvalue weighted by atomic mass is 19.4. The molecule has 2 N–H and O–H groups in total. The number of carbonyl (C=O) groups excluding carboxylic acids is 2. The van der Waals surface area contributed by atoms with E-state index in [0.717, 1.165) is 6.42 Å². The third-order valence-electron chi connectivity index (χ3n) is 9.05. The molecule has 12 nitrogen and oxygen atoms in total. The van der Waals surface area contributed by atoms with Crippen LogP contribution in [0.25, 0.3) is 5.78 Å². The van der Waals surface area contributed by atoms with E-state index < -0.39 is 54.3 Å². The number of piperidine rings is 1. The van der Waals surface area contributed by atoms with Crippen LogP contribution in [0.15, 0.2) is 10.8 Å². The number of halogens is 5. The van der Waals surface area contributed by atoms with E-state index in [1.54, 1.807) is 6.92 Å². The molecule has 3 fully saturated rings. The van der Waals surface area contributed by atoms with Crippen molar-refractivity contribution in [2.24, 2.45) is 17.8 Å². The number of hydrogen-bond donors (Lipinski definition) is 2. The first-order valence-corrected chi connectivity index (χ1v) is 15.0. The Labute approximate surface area is 253 Å². The fourth-order valence-electron chi connectivity index (χ4n) is 6.50. The second-order valence-corrected chi connectivity index (χ2v) is 12.2. The summed E-state index contributed by atoms with van der Waals surface area (Å²) in [4.78, 5) is 35.2. The molecular weight excluding hydrogens is 607 g/mol. The van der Waals surface area contributed by atoms with Gasteiger partial charge in [-0.15, -0.1) is 0 Å². The van der Waals surface area contributed by atoms with Gasteiger partial charge in [-0.2, -0.15) is 18.3 Å². The Balaban J connectivity index is 1.35. The summed E-state index contributed by atoms with van der Waals surface area (Å²) < 4.78 is 80.4. The van der Waals surface area contributed by atoms with Gasteiger partial charge in [0.25, 0.3) is 11.7 Å². The zero-order valence-electron chi connectivity index (χ0n) is 24.4. The number of aryl methyl sites for hydroxylation is 1. The molecule has 5 heterocycles. The van der Waals surface area contributed by atoms with Crippen molar-refractivity contribution in [3.63, 3.8) is 0 Å². The van der Waals surface area contributed by atoms with E-state index in [1.807, 2.05) is 0 Å². The van der Waals surface area contributed by atoms with E-state index in [0.29, 0.717) is 36.7 Å². The lowest BCUT2D eigenvalue weighted by Gasteiger charge is -2.33. The number of carbonyl (C=O) groups is 2. The Morgan fingerprint density at radius 1 is 1.20 bits per heavy atom. The van der Waals surface area contributed by atoms with Crippen molar-refractivity contribution in [2.75, 3.05) is 19.8 Å². The normalized spacial score (nSPS) is 25.2. The maximum absolute atomic E-state index is 14.1. The Hall–Kier alpha value is -3.76. The molecule has 1 unspecified atom stereocenters. The lowest BCUT2D eigenvalue weighted by Crippen LogP contribution is -2.47. The monoisotopic (exact) mass is 640 g/mol. The molecule has 0 aromatic carbocycles. The zero-order valence-corrected chi connectivity index (χ0v) is 24.4. The van der Waals surface area contributed by atoms with Gasteiger partial charge in [-0.1, -0.05) is 5.16 Å². The van der Waals surface area contributed by atoms with Gasteiger partial charge in [-0.3, -0.25) is 9.59 Å². The molecule has 3 aromatic heterocycles. The van der Waals surface area contributed by atoms with Crippen molar-refractivity contribution in [3.05, 3.63) is 34.7 Å². The minimum Gasteiger partial charge on any atom is -0.381 e. The van der Waals surface area contributed by atoms with E-state index in [4.69, 9.17) is 9.72 Å². The van der Waals surface area contributed by atoms with Crippen molar-refractivity contribution in [2.45, 2.75) is 82.3 Å². The molecule has 2 aliphatic heterocycles. The number of ether oxygens (including phenoxy) is 1. The van der Waals surface area contributed by atoms with Crippen LogP contribution < -0.4 is 10.6 Å². The van der Waals surface area contributed by atoms with E-state index in [2.05, 4.69) is 35.7 Å². The molecule has 0 spiro atoms. The Morgan fingerprint density at radius 3 is 2.64 bits per heavy atom. The molecular formula is C28H33F5N8O4. The predicted molar refractivity (Wildman–Crippen MR) is 144 cm³/mol. The first-order valence-electron chi connectivity index (χ1n) is 15.0. The third-order valence-corrected chi connectivity index (χ3v) is 9.05. The number of nitrogens with one attached hydrogen (secondary N) is 2. The van der Waals surface area contributed by atoms with Gasteiger partial charge in [-0.25, -0.2) is 27.9 Å². The van der Waals surface area contributed by atoms with Crippen LogP contribution in [0.1, 0.15) is 90.2 Å². The van der Waals surface area contributed by atoms with Crippen LogP contribution in [0.3, 0.4) is 0 Å². The minimum atomic E-state index is -4.45. The van der Waals surface area contributed by atoms with Gasteiger partial charge < -0.3 is 15.4 Å². The summed E-state index contributed by atoms with van der Waals surface area (Å²) >= 11 is 0. The fraction of sp³-hybridized carbons (Fsp3) is 0.679. The molecule has 45 heavy (non-hydrogen) atoms. The molecule has 2 amide bonds. The van der Waals surface area contributed by atoms with Gasteiger partial charge in [0.15, 0.2) is 5.69 Å². The smallest absolute Gasteiger partial charge is 0.381 e. The molecule has 4 atom stereocenters. The maximum Gasteiger partial charge on any atom is 0.393 e. The molecule has 1 saturated carbocycles. The molecule has 3 aliphatic rings. The average molecular weight is 641 g/mol. The molecule has 17 heteroatoms. The largest absolute Gasteiger partial charge is 0.393 e. The number of alkyl halides is 5. The van der Waals surface area contributed by atoms with Crippen LogP contribution in [0.5, 0.6) is 0 Å². The van der Waals surface area contributed by atoms with Crippen molar-refractivity contribution in [1.29, 1.82) is 0 Å². The topological polar surface area (TPSA) is 149 Å². The van der Waals surface area contributed by atoms with Crippen LogP contribution in [0.4, 0.5) is 22.0 Å². The van der Waals surface area contributed by atoms with Gasteiger partial charge in [0.05, 0.1) is 41.8 Å². The molecule has 6 rings (SSSR count). The summed E-state index contributed by atoms with van der Waals surface area (Å²) in [5.41, 5.74) is 1.37. The van der Waals surface area contributed by atoms with E-state index in [-0.39, 0.29) is 61.6 Å². The molecule has 1 aliphatic carbocycles. The summed E-state index contributed by atoms with van der Waals surface area (Å²) in [5, 5.41) is 17.2. The second-order valence-electron chi connectivity index (χ2n) is 12.2. The van der Waals surface area contributed by atoms with Gasteiger partial charge >= 0.3 is 6.18 Å². The lowest BCUT2D eigenvalue weighted by atomic mass is 9.81. The quantitative estimate of drug-likeness (QED) is 0.367. The van der Waals surface area contributed by atoms with Gasteiger partial charge in [-0.05, 0) is 50.1 Å². The second kappa shape index (κ2) is 12.2. The first kappa shape index (κ1) is 31.2. The standard InChI is InChI=1S/C28H33F5N8O4/c1-14-21(40-45-39-14)25(43)36-22(15-4-6-27(29,30)7-5-15)20-12-41-26(35-20)37-23(16-3-2-8-44-13-16)19(38-41)10-17-9-18(28(31,32)33)11-34-24(17)42/h12,15-18,22H,2-11,13H2,1H3,(H,34,42)(H,36,43)/t16?,17-,18-,22+/m1/s1. The molecule has 2 saturated heterocycles. The molecule has 0 radical (unpaired) electrons. The number of nitrogens with zero attached hydrogens (tertiary/aromatic N) is 6. The highest BCUT2D eigenvalue weighted by Gasteiger charge is 2.45. The predicted octanol–water partition coefficient (Wildman–Crippen LogP) is 3.86. The summed E-state index contributed by atoms with van der Waals surface area (Å²) in [5.74, 6) is -6.99.